The molecule has 0 amide bonds. The van der Waals surface area contributed by atoms with Crippen molar-refractivity contribution < 1.29 is 20.1 Å². The van der Waals surface area contributed by atoms with E-state index in [-0.39, 0.29) is 5.56 Å². The van der Waals surface area contributed by atoms with Crippen molar-refractivity contribution in [2.75, 3.05) is 6.61 Å². The average molecular weight is 268 g/mol. The molecule has 19 heavy (non-hydrogen) atoms. The lowest BCUT2D eigenvalue weighted by Crippen LogP contribution is -2.38. The minimum Gasteiger partial charge on any atom is -0.394 e. The average Bonchev–Trinajstić information content (AvgIpc) is 2.67. The maximum absolute atomic E-state index is 11.6. The number of H-pyrrole nitrogens is 1. The van der Waals surface area contributed by atoms with E-state index in [0.29, 0.717) is 0 Å². The number of rotatable bonds is 2. The zero-order valence-electron chi connectivity index (χ0n) is 9.68. The number of nitrogens with zero attached hydrogens (tertiary/aromatic N) is 1. The molecule has 1 saturated heterocycles. The van der Waals surface area contributed by atoms with E-state index in [9.17, 15) is 19.8 Å². The summed E-state index contributed by atoms with van der Waals surface area (Å²) in [6.45, 7) is -0.519. The van der Waals surface area contributed by atoms with Gasteiger partial charge in [0.1, 0.15) is 23.9 Å². The highest BCUT2D eigenvalue weighted by Gasteiger charge is 2.43. The van der Waals surface area contributed by atoms with Crippen molar-refractivity contribution in [3.63, 3.8) is 0 Å². The van der Waals surface area contributed by atoms with Gasteiger partial charge in [-0.15, -0.1) is 6.42 Å². The molecule has 4 N–H and O–H groups in total. The summed E-state index contributed by atoms with van der Waals surface area (Å²) in [7, 11) is 0. The monoisotopic (exact) mass is 268 g/mol. The number of aliphatic hydroxyl groups is 3. The molecule has 2 heterocycles. The predicted molar refractivity (Wildman–Crippen MR) is 62.3 cm³/mol. The summed E-state index contributed by atoms with van der Waals surface area (Å²) in [6.07, 6.45) is 1.14. The van der Waals surface area contributed by atoms with Gasteiger partial charge in [-0.3, -0.25) is 14.3 Å². The van der Waals surface area contributed by atoms with E-state index in [1.165, 1.54) is 0 Å². The molecule has 0 radical (unpaired) electrons. The highest BCUT2D eigenvalue weighted by Crippen LogP contribution is 2.27. The molecule has 1 fully saturated rings. The van der Waals surface area contributed by atoms with Crippen molar-refractivity contribution in [3.8, 4) is 12.3 Å². The van der Waals surface area contributed by atoms with Gasteiger partial charge in [-0.05, 0) is 0 Å². The fourth-order valence-corrected chi connectivity index (χ4v) is 1.89. The van der Waals surface area contributed by atoms with Crippen LogP contribution in [0.25, 0.3) is 0 Å². The van der Waals surface area contributed by atoms with E-state index in [0.717, 1.165) is 10.8 Å². The molecule has 2 unspecified atom stereocenters. The largest absolute Gasteiger partial charge is 0.394 e. The number of aliphatic hydroxyl groups excluding tert-OH is 3. The molecule has 0 aliphatic carbocycles. The summed E-state index contributed by atoms with van der Waals surface area (Å²) in [5.74, 6) is 2.09. The van der Waals surface area contributed by atoms with Crippen LogP contribution in [0.2, 0.25) is 0 Å². The second-order valence-electron chi connectivity index (χ2n) is 4.08. The molecule has 0 spiro atoms. The molecule has 1 aliphatic heterocycles. The SMILES string of the molecule is C#Cc1cn(C2OC(CO)[C@H](O)[C@@H]2O)c(=O)[nH]c1=O. The van der Waals surface area contributed by atoms with E-state index in [2.05, 4.69) is 5.92 Å². The van der Waals surface area contributed by atoms with Gasteiger partial charge in [-0.25, -0.2) is 4.79 Å². The van der Waals surface area contributed by atoms with Crippen molar-refractivity contribution >= 4 is 0 Å². The van der Waals surface area contributed by atoms with Gasteiger partial charge in [0, 0.05) is 6.20 Å². The van der Waals surface area contributed by atoms with Crippen molar-refractivity contribution in [2.45, 2.75) is 24.5 Å². The molecule has 2 rings (SSSR count). The van der Waals surface area contributed by atoms with Gasteiger partial charge < -0.3 is 20.1 Å². The lowest BCUT2D eigenvalue weighted by molar-refractivity contribution is -0.0550. The summed E-state index contributed by atoms with van der Waals surface area (Å²) in [5.41, 5.74) is -1.67. The van der Waals surface area contributed by atoms with Gasteiger partial charge >= 0.3 is 5.69 Å². The number of aromatic amines is 1. The Morgan fingerprint density at radius 1 is 1.42 bits per heavy atom. The third-order valence-electron chi connectivity index (χ3n) is 2.91. The fourth-order valence-electron chi connectivity index (χ4n) is 1.89. The summed E-state index contributed by atoms with van der Waals surface area (Å²) < 4.78 is 6.04. The van der Waals surface area contributed by atoms with Crippen LogP contribution in [0.15, 0.2) is 15.8 Å². The third kappa shape index (κ3) is 2.20. The first kappa shape index (κ1) is 13.5. The molecular weight excluding hydrogens is 256 g/mol. The minimum atomic E-state index is -1.42. The fraction of sp³-hybridized carbons (Fsp3) is 0.455. The van der Waals surface area contributed by atoms with Crippen LogP contribution < -0.4 is 11.2 Å². The van der Waals surface area contributed by atoms with E-state index < -0.39 is 42.4 Å². The Balaban J connectivity index is 2.46. The van der Waals surface area contributed by atoms with E-state index in [1.54, 1.807) is 0 Å². The lowest BCUT2D eigenvalue weighted by atomic mass is 10.1. The summed E-state index contributed by atoms with van der Waals surface area (Å²) >= 11 is 0. The molecule has 1 aromatic rings. The predicted octanol–water partition coefficient (Wildman–Crippen LogP) is -2.87. The van der Waals surface area contributed by atoms with Crippen molar-refractivity contribution in [1.82, 2.24) is 9.55 Å². The Bertz CT molecular complexity index is 627. The van der Waals surface area contributed by atoms with Crippen molar-refractivity contribution in [3.05, 3.63) is 32.6 Å². The van der Waals surface area contributed by atoms with Gasteiger partial charge in [0.15, 0.2) is 6.23 Å². The molecule has 8 nitrogen and oxygen atoms in total. The summed E-state index contributed by atoms with van der Waals surface area (Å²) in [5, 5.41) is 28.3. The minimum absolute atomic E-state index is 0.114. The maximum Gasteiger partial charge on any atom is 0.330 e. The zero-order chi connectivity index (χ0) is 14.2. The number of terminal acetylenes is 1. The number of ether oxygens (including phenoxy) is 1. The first-order valence-corrected chi connectivity index (χ1v) is 5.44. The van der Waals surface area contributed by atoms with Crippen LogP contribution >= 0.6 is 0 Å². The summed E-state index contributed by atoms with van der Waals surface area (Å²) in [6, 6.07) is 0. The van der Waals surface area contributed by atoms with Crippen LogP contribution in [0.3, 0.4) is 0 Å². The number of nitrogens with one attached hydrogen (secondary N) is 1. The highest BCUT2D eigenvalue weighted by atomic mass is 16.6. The molecule has 4 atom stereocenters. The van der Waals surface area contributed by atoms with Crippen LogP contribution in [0, 0.1) is 12.3 Å². The second-order valence-corrected chi connectivity index (χ2v) is 4.08. The zero-order valence-corrected chi connectivity index (χ0v) is 9.68. The van der Waals surface area contributed by atoms with Crippen LogP contribution in [-0.4, -0.2) is 49.8 Å². The Morgan fingerprint density at radius 3 is 2.63 bits per heavy atom. The Morgan fingerprint density at radius 2 is 2.11 bits per heavy atom. The Hall–Kier alpha value is -1.92. The van der Waals surface area contributed by atoms with Gasteiger partial charge in [-0.1, -0.05) is 5.92 Å². The van der Waals surface area contributed by atoms with Gasteiger partial charge in [0.05, 0.1) is 6.61 Å². The molecule has 102 valence electrons. The molecule has 0 aromatic carbocycles. The third-order valence-corrected chi connectivity index (χ3v) is 2.91. The van der Waals surface area contributed by atoms with Gasteiger partial charge in [0.25, 0.3) is 5.56 Å². The van der Waals surface area contributed by atoms with E-state index >= 15 is 0 Å². The Kier molecular flexibility index (Phi) is 3.55. The maximum atomic E-state index is 11.6. The van der Waals surface area contributed by atoms with Crippen LogP contribution in [0.4, 0.5) is 0 Å². The molecule has 0 saturated carbocycles. The molecular formula is C11H12N2O6. The van der Waals surface area contributed by atoms with Gasteiger partial charge in [-0.2, -0.15) is 0 Å². The second kappa shape index (κ2) is 4.99. The van der Waals surface area contributed by atoms with Crippen LogP contribution in [-0.2, 0) is 4.74 Å². The van der Waals surface area contributed by atoms with Crippen molar-refractivity contribution in [1.29, 1.82) is 0 Å². The van der Waals surface area contributed by atoms with Gasteiger partial charge in [0.2, 0.25) is 0 Å². The lowest BCUT2D eigenvalue weighted by Gasteiger charge is -2.17. The van der Waals surface area contributed by atoms with Crippen LogP contribution in [0.5, 0.6) is 0 Å². The highest BCUT2D eigenvalue weighted by molar-refractivity contribution is 5.26. The van der Waals surface area contributed by atoms with E-state index in [4.69, 9.17) is 16.3 Å². The van der Waals surface area contributed by atoms with E-state index in [1.807, 2.05) is 4.98 Å². The molecule has 0 bridgehead atoms. The molecule has 1 aromatic heterocycles. The van der Waals surface area contributed by atoms with Crippen molar-refractivity contribution in [2.24, 2.45) is 0 Å². The topological polar surface area (TPSA) is 125 Å². The number of hydrogen-bond donors (Lipinski definition) is 4. The standard InChI is InChI=1S/C11H12N2O6/c1-2-5-3-13(11(18)12-9(5)17)10-8(16)7(15)6(4-14)19-10/h1,3,6-8,10,14-16H,4H2,(H,12,17,18)/t6?,7-,8-,10?/m0/s1. The molecule has 8 heteroatoms. The molecule has 1 aliphatic rings. The first-order chi connectivity index (χ1) is 8.99. The smallest absolute Gasteiger partial charge is 0.330 e. The quantitative estimate of drug-likeness (QED) is 0.427. The van der Waals surface area contributed by atoms with Crippen LogP contribution in [0.1, 0.15) is 11.8 Å². The number of aromatic nitrogens is 2. The first-order valence-electron chi connectivity index (χ1n) is 5.44. The summed E-state index contributed by atoms with van der Waals surface area (Å²) in [4.78, 5) is 24.9. The Labute approximate surface area is 106 Å². The number of hydrogen-bond acceptors (Lipinski definition) is 6. The normalized spacial score (nSPS) is 30.2.